The SMILES string of the molecule is C[C@H]1C[C@H](C)CN(CCCNC(=O)c2cn(C)c3ccc(S(=O)(=O)N(C)C4CCCCC4)cc3c2=O)C1. The second-order valence-corrected chi connectivity index (χ2v) is 13.3. The molecule has 204 valence electrons. The Morgan fingerprint density at radius 3 is 2.46 bits per heavy atom. The highest BCUT2D eigenvalue weighted by Gasteiger charge is 2.29. The normalized spacial score (nSPS) is 22.0. The molecule has 4 rings (SSSR count). The molecular formula is C28H42N4O4S. The molecule has 1 saturated heterocycles. The van der Waals surface area contributed by atoms with E-state index in [1.807, 2.05) is 0 Å². The summed E-state index contributed by atoms with van der Waals surface area (Å²) >= 11 is 0. The standard InChI is InChI=1S/C28H42N4O4S/c1-20-15-21(2)18-32(17-20)14-8-13-29-28(34)25-19-30(3)26-12-11-23(16-24(26)27(25)33)37(35,36)31(4)22-9-6-5-7-10-22/h11-12,16,19-22H,5-10,13-15,17-18H2,1-4H3,(H,29,34)/t20-,21-/m0/s1. The fraction of sp³-hybridized carbons (Fsp3) is 0.643. The van der Waals surface area contributed by atoms with Crippen molar-refractivity contribution in [3.8, 4) is 0 Å². The lowest BCUT2D eigenvalue weighted by Crippen LogP contribution is -2.40. The average Bonchev–Trinajstić information content (AvgIpc) is 2.87. The van der Waals surface area contributed by atoms with E-state index >= 15 is 0 Å². The number of nitrogens with zero attached hydrogens (tertiary/aromatic N) is 3. The third kappa shape index (κ3) is 6.26. The first-order chi connectivity index (χ1) is 17.6. The predicted octanol–water partition coefficient (Wildman–Crippen LogP) is 3.59. The maximum absolute atomic E-state index is 13.4. The zero-order valence-corrected chi connectivity index (χ0v) is 23.5. The topological polar surface area (TPSA) is 91.7 Å². The molecule has 1 N–H and O–H groups in total. The lowest BCUT2D eigenvalue weighted by molar-refractivity contribution is 0.0945. The van der Waals surface area contributed by atoms with Crippen molar-refractivity contribution in [3.05, 3.63) is 40.2 Å². The number of likely N-dealkylation sites (tertiary alicyclic amines) is 1. The Labute approximate surface area is 221 Å². The number of carbonyl (C=O) groups excluding carboxylic acids is 1. The van der Waals surface area contributed by atoms with Crippen LogP contribution < -0.4 is 10.7 Å². The van der Waals surface area contributed by atoms with Gasteiger partial charge in [0.15, 0.2) is 0 Å². The number of benzene rings is 1. The molecule has 1 aliphatic carbocycles. The van der Waals surface area contributed by atoms with Crippen LogP contribution in [-0.2, 0) is 17.1 Å². The monoisotopic (exact) mass is 530 g/mol. The minimum atomic E-state index is -3.75. The van der Waals surface area contributed by atoms with Gasteiger partial charge in [-0.1, -0.05) is 33.1 Å². The van der Waals surface area contributed by atoms with E-state index in [1.165, 1.54) is 23.0 Å². The number of aryl methyl sites for hydroxylation is 1. The number of sulfonamides is 1. The number of nitrogens with one attached hydrogen (secondary N) is 1. The molecule has 1 aromatic carbocycles. The number of fused-ring (bicyclic) bond motifs is 1. The highest BCUT2D eigenvalue weighted by Crippen LogP contribution is 2.27. The van der Waals surface area contributed by atoms with Crippen molar-refractivity contribution in [2.75, 3.05) is 33.2 Å². The molecular weight excluding hydrogens is 488 g/mol. The highest BCUT2D eigenvalue weighted by molar-refractivity contribution is 7.89. The lowest BCUT2D eigenvalue weighted by Gasteiger charge is -2.34. The molecule has 1 aromatic heterocycles. The van der Waals surface area contributed by atoms with Crippen LogP contribution in [0.3, 0.4) is 0 Å². The average molecular weight is 531 g/mol. The van der Waals surface area contributed by atoms with E-state index in [9.17, 15) is 18.0 Å². The summed E-state index contributed by atoms with van der Waals surface area (Å²) < 4.78 is 29.9. The Bertz CT molecular complexity index is 1270. The zero-order chi connectivity index (χ0) is 26.7. The van der Waals surface area contributed by atoms with Gasteiger partial charge < -0.3 is 14.8 Å². The van der Waals surface area contributed by atoms with E-state index in [0.29, 0.717) is 23.9 Å². The second kappa shape index (κ2) is 11.7. The van der Waals surface area contributed by atoms with Gasteiger partial charge in [0.2, 0.25) is 15.5 Å². The molecule has 0 spiro atoms. The number of amides is 1. The van der Waals surface area contributed by atoms with Crippen LogP contribution in [0.25, 0.3) is 10.9 Å². The summed E-state index contributed by atoms with van der Waals surface area (Å²) in [5, 5.41) is 3.13. The van der Waals surface area contributed by atoms with Crippen LogP contribution in [0.15, 0.2) is 34.1 Å². The van der Waals surface area contributed by atoms with Crippen LogP contribution >= 0.6 is 0 Å². The summed E-state index contributed by atoms with van der Waals surface area (Å²) in [5.74, 6) is 0.959. The van der Waals surface area contributed by atoms with Crippen molar-refractivity contribution in [1.29, 1.82) is 0 Å². The quantitative estimate of drug-likeness (QED) is 0.527. The van der Waals surface area contributed by atoms with Crippen molar-refractivity contribution in [2.24, 2.45) is 18.9 Å². The number of piperidine rings is 1. The van der Waals surface area contributed by atoms with Crippen LogP contribution in [-0.4, -0.2) is 67.4 Å². The number of aromatic nitrogens is 1. The van der Waals surface area contributed by atoms with Crippen molar-refractivity contribution >= 4 is 26.8 Å². The van der Waals surface area contributed by atoms with Crippen LogP contribution in [0.2, 0.25) is 0 Å². The summed E-state index contributed by atoms with van der Waals surface area (Å²) in [6.07, 6.45) is 8.51. The Morgan fingerprint density at radius 1 is 1.11 bits per heavy atom. The van der Waals surface area contributed by atoms with E-state index in [0.717, 1.165) is 58.2 Å². The summed E-state index contributed by atoms with van der Waals surface area (Å²) in [4.78, 5) is 28.8. The predicted molar refractivity (Wildman–Crippen MR) is 147 cm³/mol. The van der Waals surface area contributed by atoms with Crippen LogP contribution in [0, 0.1) is 11.8 Å². The van der Waals surface area contributed by atoms with Gasteiger partial charge in [-0.25, -0.2) is 8.42 Å². The fourth-order valence-electron chi connectivity index (χ4n) is 6.18. The minimum absolute atomic E-state index is 0.0225. The van der Waals surface area contributed by atoms with Gasteiger partial charge in [0.25, 0.3) is 5.91 Å². The van der Waals surface area contributed by atoms with Gasteiger partial charge in [0, 0.05) is 51.4 Å². The van der Waals surface area contributed by atoms with E-state index in [1.54, 1.807) is 30.8 Å². The number of rotatable bonds is 8. The summed E-state index contributed by atoms with van der Waals surface area (Å²) in [7, 11) is -0.358. The van der Waals surface area contributed by atoms with Gasteiger partial charge in [-0.05, 0) is 62.3 Å². The Morgan fingerprint density at radius 2 is 1.78 bits per heavy atom. The van der Waals surface area contributed by atoms with Gasteiger partial charge in [-0.3, -0.25) is 9.59 Å². The lowest BCUT2D eigenvalue weighted by atomic mass is 9.92. The van der Waals surface area contributed by atoms with Crippen LogP contribution in [0.4, 0.5) is 0 Å². The molecule has 9 heteroatoms. The molecule has 1 saturated carbocycles. The van der Waals surface area contributed by atoms with E-state index in [2.05, 4.69) is 24.1 Å². The van der Waals surface area contributed by atoms with Gasteiger partial charge in [0.1, 0.15) is 5.56 Å². The van der Waals surface area contributed by atoms with E-state index < -0.39 is 21.4 Å². The first kappa shape index (κ1) is 27.8. The molecule has 2 fully saturated rings. The number of hydrogen-bond donors (Lipinski definition) is 1. The third-order valence-electron chi connectivity index (χ3n) is 8.05. The molecule has 1 amide bonds. The van der Waals surface area contributed by atoms with Gasteiger partial charge >= 0.3 is 0 Å². The molecule has 2 heterocycles. The summed E-state index contributed by atoms with van der Waals surface area (Å²) in [6, 6.07) is 4.62. The van der Waals surface area contributed by atoms with Crippen molar-refractivity contribution in [2.45, 2.75) is 69.7 Å². The molecule has 0 bridgehead atoms. The zero-order valence-electron chi connectivity index (χ0n) is 22.7. The Balaban J connectivity index is 1.49. The molecule has 2 aliphatic rings. The minimum Gasteiger partial charge on any atom is -0.352 e. The molecule has 8 nitrogen and oxygen atoms in total. The molecule has 2 aromatic rings. The van der Waals surface area contributed by atoms with Gasteiger partial charge in [-0.2, -0.15) is 4.31 Å². The summed E-state index contributed by atoms with van der Waals surface area (Å²) in [5.41, 5.74) is 0.182. The largest absolute Gasteiger partial charge is 0.352 e. The number of carbonyl (C=O) groups is 1. The molecule has 37 heavy (non-hydrogen) atoms. The van der Waals surface area contributed by atoms with E-state index in [4.69, 9.17) is 0 Å². The van der Waals surface area contributed by atoms with E-state index in [-0.39, 0.29) is 21.9 Å². The molecule has 0 radical (unpaired) electrons. The summed E-state index contributed by atoms with van der Waals surface area (Å²) in [6.45, 7) is 8.14. The molecule has 1 aliphatic heterocycles. The van der Waals surface area contributed by atoms with Crippen LogP contribution in [0.5, 0.6) is 0 Å². The van der Waals surface area contributed by atoms with Crippen molar-refractivity contribution in [3.63, 3.8) is 0 Å². The fourth-order valence-corrected chi connectivity index (χ4v) is 7.62. The highest BCUT2D eigenvalue weighted by atomic mass is 32.2. The molecule has 2 atom stereocenters. The first-order valence-electron chi connectivity index (χ1n) is 13.7. The van der Waals surface area contributed by atoms with Crippen molar-refractivity contribution < 1.29 is 13.2 Å². The number of pyridine rings is 1. The van der Waals surface area contributed by atoms with Crippen LogP contribution in [0.1, 0.15) is 69.2 Å². The molecule has 0 unspecified atom stereocenters. The van der Waals surface area contributed by atoms with Crippen molar-refractivity contribution in [1.82, 2.24) is 19.1 Å². The number of hydrogen-bond acceptors (Lipinski definition) is 5. The second-order valence-electron chi connectivity index (χ2n) is 11.3. The smallest absolute Gasteiger partial charge is 0.256 e. The maximum atomic E-state index is 13.4. The van der Waals surface area contributed by atoms with Gasteiger partial charge in [-0.15, -0.1) is 0 Å². The third-order valence-corrected chi connectivity index (χ3v) is 9.96. The Hall–Kier alpha value is -2.23. The first-order valence-corrected chi connectivity index (χ1v) is 15.1. The maximum Gasteiger partial charge on any atom is 0.256 e. The Kier molecular flexibility index (Phi) is 8.76. The van der Waals surface area contributed by atoms with Gasteiger partial charge in [0.05, 0.1) is 10.4 Å².